The van der Waals surface area contributed by atoms with Gasteiger partial charge in [0.1, 0.15) is 0 Å². The number of aryl methyl sites for hydroxylation is 1. The molecule has 0 atom stereocenters. The van der Waals surface area contributed by atoms with E-state index in [1.807, 2.05) is 37.3 Å². The second-order valence-electron chi connectivity index (χ2n) is 6.61. The lowest BCUT2D eigenvalue weighted by Gasteiger charge is -2.10. The van der Waals surface area contributed by atoms with Gasteiger partial charge in [0.25, 0.3) is 11.8 Å². The fraction of sp³-hybridized carbons (Fsp3) is 0.190. The largest absolute Gasteiger partial charge is 0.349 e. The van der Waals surface area contributed by atoms with Crippen LogP contribution in [0.4, 0.5) is 5.69 Å². The summed E-state index contributed by atoms with van der Waals surface area (Å²) in [4.78, 5) is 30.8. The molecule has 1 aliphatic carbocycles. The van der Waals surface area contributed by atoms with Crippen LogP contribution in [0, 0.1) is 6.92 Å². The van der Waals surface area contributed by atoms with Crippen molar-refractivity contribution >= 4 is 28.8 Å². The number of aromatic nitrogens is 1. The van der Waals surface area contributed by atoms with Crippen LogP contribution < -0.4 is 10.6 Å². The van der Waals surface area contributed by atoms with Gasteiger partial charge in [-0.1, -0.05) is 12.1 Å². The molecular formula is C21H19N3O2S. The Bertz CT molecular complexity index is 994. The molecule has 6 heteroatoms. The van der Waals surface area contributed by atoms with Gasteiger partial charge in [0.05, 0.1) is 15.4 Å². The minimum atomic E-state index is -0.190. The molecule has 0 spiro atoms. The number of benzene rings is 1. The summed E-state index contributed by atoms with van der Waals surface area (Å²) in [5.74, 6) is -0.286. The highest BCUT2D eigenvalue weighted by Gasteiger charge is 2.24. The number of thiophene rings is 1. The molecule has 3 aromatic rings. The van der Waals surface area contributed by atoms with E-state index in [0.717, 1.165) is 29.0 Å². The van der Waals surface area contributed by atoms with E-state index in [1.54, 1.807) is 24.4 Å². The number of nitrogens with one attached hydrogen (secondary N) is 2. The molecule has 2 N–H and O–H groups in total. The zero-order valence-electron chi connectivity index (χ0n) is 14.9. The van der Waals surface area contributed by atoms with Gasteiger partial charge in [0.2, 0.25) is 0 Å². The first-order chi connectivity index (χ1) is 13.1. The SMILES string of the molecule is Cc1ccc(C(=O)NC2CC2)cc1NC(=O)c1ccc(-c2ccccn2)s1. The molecule has 2 heterocycles. The molecular weight excluding hydrogens is 358 g/mol. The molecule has 0 aliphatic heterocycles. The molecule has 136 valence electrons. The Labute approximate surface area is 161 Å². The number of rotatable bonds is 5. The highest BCUT2D eigenvalue weighted by molar-refractivity contribution is 7.17. The van der Waals surface area contributed by atoms with Crippen LogP contribution in [0.5, 0.6) is 0 Å². The fourth-order valence-electron chi connectivity index (χ4n) is 2.68. The predicted molar refractivity (Wildman–Crippen MR) is 107 cm³/mol. The third-order valence-corrected chi connectivity index (χ3v) is 5.51. The molecule has 0 unspecified atom stereocenters. The highest BCUT2D eigenvalue weighted by Crippen LogP contribution is 2.27. The molecule has 1 aromatic carbocycles. The standard InChI is InChI=1S/C21H19N3O2S/c1-13-5-6-14(20(25)23-15-7-8-15)12-17(13)24-21(26)19-10-9-18(27-19)16-4-2-3-11-22-16/h2-6,9-12,15H,7-8H2,1H3,(H,23,25)(H,24,26). The van der Waals surface area contributed by atoms with E-state index >= 15 is 0 Å². The van der Waals surface area contributed by atoms with Crippen molar-refractivity contribution in [1.29, 1.82) is 0 Å². The number of hydrogen-bond acceptors (Lipinski definition) is 4. The second kappa shape index (κ2) is 7.32. The van der Waals surface area contributed by atoms with Crippen molar-refractivity contribution < 1.29 is 9.59 Å². The Kier molecular flexibility index (Phi) is 4.73. The van der Waals surface area contributed by atoms with Gasteiger partial charge in [0, 0.05) is 23.5 Å². The maximum Gasteiger partial charge on any atom is 0.265 e. The van der Waals surface area contributed by atoms with Gasteiger partial charge in [-0.2, -0.15) is 0 Å². The van der Waals surface area contributed by atoms with Crippen molar-refractivity contribution in [1.82, 2.24) is 10.3 Å². The van der Waals surface area contributed by atoms with Crippen LogP contribution in [0.1, 0.15) is 38.4 Å². The first-order valence-corrected chi connectivity index (χ1v) is 9.66. The number of nitrogens with zero attached hydrogens (tertiary/aromatic N) is 1. The van der Waals surface area contributed by atoms with Crippen molar-refractivity contribution in [2.24, 2.45) is 0 Å². The Morgan fingerprint density at radius 2 is 1.93 bits per heavy atom. The Balaban J connectivity index is 1.51. The lowest BCUT2D eigenvalue weighted by Crippen LogP contribution is -2.25. The van der Waals surface area contributed by atoms with Crippen molar-refractivity contribution in [2.45, 2.75) is 25.8 Å². The number of carbonyl (C=O) groups is 2. The molecule has 0 bridgehead atoms. The van der Waals surface area contributed by atoms with Crippen LogP contribution in [0.2, 0.25) is 0 Å². The van der Waals surface area contributed by atoms with E-state index in [2.05, 4.69) is 15.6 Å². The van der Waals surface area contributed by atoms with E-state index in [0.29, 0.717) is 22.2 Å². The third kappa shape index (κ3) is 4.06. The van der Waals surface area contributed by atoms with Gasteiger partial charge >= 0.3 is 0 Å². The molecule has 2 aromatic heterocycles. The lowest BCUT2D eigenvalue weighted by atomic mass is 10.1. The molecule has 0 saturated heterocycles. The average Bonchev–Trinajstić information content (AvgIpc) is 3.35. The average molecular weight is 377 g/mol. The van der Waals surface area contributed by atoms with Crippen molar-refractivity contribution in [2.75, 3.05) is 5.32 Å². The number of anilines is 1. The van der Waals surface area contributed by atoms with Gasteiger partial charge in [0.15, 0.2) is 0 Å². The Morgan fingerprint density at radius 3 is 2.67 bits per heavy atom. The molecule has 1 saturated carbocycles. The highest BCUT2D eigenvalue weighted by atomic mass is 32.1. The molecule has 2 amide bonds. The van der Waals surface area contributed by atoms with Crippen LogP contribution in [-0.4, -0.2) is 22.8 Å². The smallest absolute Gasteiger partial charge is 0.265 e. The first-order valence-electron chi connectivity index (χ1n) is 8.84. The van der Waals surface area contributed by atoms with Gasteiger partial charge in [-0.3, -0.25) is 14.6 Å². The summed E-state index contributed by atoms with van der Waals surface area (Å²) in [5.41, 5.74) is 2.96. The van der Waals surface area contributed by atoms with Gasteiger partial charge in [-0.15, -0.1) is 11.3 Å². The summed E-state index contributed by atoms with van der Waals surface area (Å²) in [7, 11) is 0. The van der Waals surface area contributed by atoms with Crippen LogP contribution in [0.25, 0.3) is 10.6 Å². The van der Waals surface area contributed by atoms with Crippen LogP contribution in [0.15, 0.2) is 54.7 Å². The predicted octanol–water partition coefficient (Wildman–Crippen LogP) is 4.26. The lowest BCUT2D eigenvalue weighted by molar-refractivity contribution is 0.0949. The maximum absolute atomic E-state index is 12.7. The second-order valence-corrected chi connectivity index (χ2v) is 7.69. The monoisotopic (exact) mass is 377 g/mol. The number of pyridine rings is 1. The summed E-state index contributed by atoms with van der Waals surface area (Å²) >= 11 is 1.39. The summed E-state index contributed by atoms with van der Waals surface area (Å²) in [6.45, 7) is 1.91. The number of carbonyl (C=O) groups excluding carboxylic acids is 2. The van der Waals surface area contributed by atoms with E-state index in [4.69, 9.17) is 0 Å². The summed E-state index contributed by atoms with van der Waals surface area (Å²) in [6, 6.07) is 15.1. The van der Waals surface area contributed by atoms with Crippen LogP contribution in [-0.2, 0) is 0 Å². The molecule has 0 radical (unpaired) electrons. The zero-order chi connectivity index (χ0) is 18.8. The van der Waals surface area contributed by atoms with Crippen LogP contribution >= 0.6 is 11.3 Å². The van der Waals surface area contributed by atoms with E-state index < -0.39 is 0 Å². The molecule has 1 aliphatic rings. The Hall–Kier alpha value is -2.99. The summed E-state index contributed by atoms with van der Waals surface area (Å²) in [5, 5.41) is 5.89. The van der Waals surface area contributed by atoms with Crippen molar-refractivity contribution in [3.05, 3.63) is 70.7 Å². The topological polar surface area (TPSA) is 71.1 Å². The van der Waals surface area contributed by atoms with Gasteiger partial charge in [-0.25, -0.2) is 0 Å². The van der Waals surface area contributed by atoms with Gasteiger partial charge < -0.3 is 10.6 Å². The fourth-order valence-corrected chi connectivity index (χ4v) is 3.56. The number of hydrogen-bond donors (Lipinski definition) is 2. The van der Waals surface area contributed by atoms with Crippen molar-refractivity contribution in [3.8, 4) is 10.6 Å². The molecule has 5 nitrogen and oxygen atoms in total. The zero-order valence-corrected chi connectivity index (χ0v) is 15.7. The quantitative estimate of drug-likeness (QED) is 0.698. The van der Waals surface area contributed by atoms with Crippen LogP contribution in [0.3, 0.4) is 0 Å². The van der Waals surface area contributed by atoms with Crippen molar-refractivity contribution in [3.63, 3.8) is 0 Å². The summed E-state index contributed by atoms with van der Waals surface area (Å²) in [6.07, 6.45) is 3.81. The Morgan fingerprint density at radius 1 is 1.07 bits per heavy atom. The molecule has 1 fully saturated rings. The van der Waals surface area contributed by atoms with Gasteiger partial charge in [-0.05, 0) is 61.7 Å². The van der Waals surface area contributed by atoms with E-state index in [9.17, 15) is 9.59 Å². The number of amides is 2. The minimum absolute atomic E-state index is 0.0958. The summed E-state index contributed by atoms with van der Waals surface area (Å²) < 4.78 is 0. The molecule has 27 heavy (non-hydrogen) atoms. The maximum atomic E-state index is 12.7. The van der Waals surface area contributed by atoms with E-state index in [-0.39, 0.29) is 11.8 Å². The third-order valence-electron chi connectivity index (χ3n) is 4.41. The molecule has 4 rings (SSSR count). The minimum Gasteiger partial charge on any atom is -0.349 e. The van der Waals surface area contributed by atoms with E-state index in [1.165, 1.54) is 11.3 Å². The normalized spacial score (nSPS) is 13.2. The first kappa shape index (κ1) is 17.4.